The van der Waals surface area contributed by atoms with E-state index in [9.17, 15) is 24.3 Å². The van der Waals surface area contributed by atoms with Gasteiger partial charge in [-0.05, 0) is 66.4 Å². The second-order valence-electron chi connectivity index (χ2n) is 9.84. The fraction of sp³-hybridized carbons (Fsp3) is 0.286. The standard InChI is InChI=1S/C28H29N5O5S/c1-17-4-6-20(23(13-28(34)35)21-7-8-25-24(12-21)30-31-32(25)3)11-22(17)16-33-15-18(2)38-26-9-5-19(14-29)10-27(26)39(33,36)37/h4-12,18,23,36-37H,13,15-16H2,1-3H3,(H,34,35)/t18-,23?/m1/s1. The van der Waals surface area contributed by atoms with E-state index in [-0.39, 0.29) is 30.5 Å². The molecule has 0 fully saturated rings. The lowest BCUT2D eigenvalue weighted by Gasteiger charge is -2.42. The zero-order chi connectivity index (χ0) is 27.9. The highest BCUT2D eigenvalue weighted by atomic mass is 32.3. The van der Waals surface area contributed by atoms with E-state index in [0.29, 0.717) is 16.8 Å². The Morgan fingerprint density at radius 3 is 2.67 bits per heavy atom. The van der Waals surface area contributed by atoms with Crippen molar-refractivity contribution < 1.29 is 23.7 Å². The molecule has 0 saturated heterocycles. The molecule has 0 spiro atoms. The van der Waals surface area contributed by atoms with Crippen molar-refractivity contribution in [2.24, 2.45) is 7.05 Å². The number of rotatable bonds is 6. The normalized spacial score (nSPS) is 18.4. The van der Waals surface area contributed by atoms with Crippen molar-refractivity contribution in [1.82, 2.24) is 19.3 Å². The molecule has 0 radical (unpaired) electrons. The molecule has 1 unspecified atom stereocenters. The summed E-state index contributed by atoms with van der Waals surface area (Å²) in [6, 6.07) is 18.1. The summed E-state index contributed by atoms with van der Waals surface area (Å²) in [6.45, 7) is 4.21. The average molecular weight is 548 g/mol. The lowest BCUT2D eigenvalue weighted by atomic mass is 9.86. The topological polar surface area (TPSA) is 145 Å². The molecule has 10 nitrogen and oxygen atoms in total. The van der Waals surface area contributed by atoms with Crippen LogP contribution in [-0.2, 0) is 18.4 Å². The number of carboxylic acids is 1. The lowest BCUT2D eigenvalue weighted by molar-refractivity contribution is -0.137. The first-order chi connectivity index (χ1) is 18.6. The third-order valence-electron chi connectivity index (χ3n) is 7.05. The fourth-order valence-corrected chi connectivity index (χ4v) is 6.66. The molecule has 11 heteroatoms. The number of aliphatic carboxylic acids is 1. The van der Waals surface area contributed by atoms with Gasteiger partial charge in [-0.15, -0.1) is 15.9 Å². The molecule has 2 atom stereocenters. The van der Waals surface area contributed by atoms with E-state index >= 15 is 0 Å². The summed E-state index contributed by atoms with van der Waals surface area (Å²) >= 11 is 0. The molecular weight excluding hydrogens is 518 g/mol. The summed E-state index contributed by atoms with van der Waals surface area (Å²) in [5.41, 5.74) is 5.19. The van der Waals surface area contributed by atoms with Crippen LogP contribution in [0.2, 0.25) is 0 Å². The third-order valence-corrected chi connectivity index (χ3v) is 8.96. The Morgan fingerprint density at radius 2 is 1.92 bits per heavy atom. The minimum absolute atomic E-state index is 0.123. The molecule has 1 aliphatic rings. The summed E-state index contributed by atoms with van der Waals surface area (Å²) < 4.78 is 32.0. The van der Waals surface area contributed by atoms with E-state index in [2.05, 4.69) is 10.3 Å². The van der Waals surface area contributed by atoms with Crippen LogP contribution in [0.15, 0.2) is 59.5 Å². The second-order valence-corrected chi connectivity index (χ2v) is 11.8. The molecule has 0 aliphatic carbocycles. The average Bonchev–Trinajstić information content (AvgIpc) is 3.23. The van der Waals surface area contributed by atoms with Gasteiger partial charge in [-0.25, -0.2) is 4.68 Å². The number of nitrogens with zero attached hydrogens (tertiary/aromatic N) is 5. The van der Waals surface area contributed by atoms with Crippen molar-refractivity contribution in [1.29, 1.82) is 5.26 Å². The summed E-state index contributed by atoms with van der Waals surface area (Å²) in [5, 5.41) is 27.3. The molecule has 0 amide bonds. The Hall–Kier alpha value is -3.95. The van der Waals surface area contributed by atoms with Gasteiger partial charge in [0.15, 0.2) is 0 Å². The molecular formula is C28H29N5O5S. The van der Waals surface area contributed by atoms with Gasteiger partial charge in [0.2, 0.25) is 0 Å². The Kier molecular flexibility index (Phi) is 7.05. The van der Waals surface area contributed by atoms with E-state index in [0.717, 1.165) is 27.8 Å². The summed E-state index contributed by atoms with van der Waals surface area (Å²) in [5.74, 6) is -1.03. The Morgan fingerprint density at radius 1 is 1.18 bits per heavy atom. The van der Waals surface area contributed by atoms with Crippen LogP contribution >= 0.6 is 10.8 Å². The minimum atomic E-state index is -3.48. The van der Waals surface area contributed by atoms with Gasteiger partial charge in [0, 0.05) is 19.5 Å². The molecule has 0 saturated carbocycles. The van der Waals surface area contributed by atoms with Crippen LogP contribution in [0.3, 0.4) is 0 Å². The number of hydrogen-bond acceptors (Lipinski definition) is 8. The van der Waals surface area contributed by atoms with Crippen molar-refractivity contribution in [3.8, 4) is 11.8 Å². The van der Waals surface area contributed by atoms with Crippen LogP contribution in [-0.4, -0.2) is 52.1 Å². The Labute approximate surface area is 227 Å². The SMILES string of the molecule is Cc1ccc(C(CC(=O)O)c2ccc3c(c2)nnn3C)cc1CN1C[C@@H](C)Oc2ccc(C#N)cc2S1(O)O. The zero-order valence-electron chi connectivity index (χ0n) is 21.8. The van der Waals surface area contributed by atoms with Crippen LogP contribution in [0.25, 0.3) is 11.0 Å². The molecule has 0 bridgehead atoms. The van der Waals surface area contributed by atoms with Gasteiger partial charge in [0.05, 0.1) is 30.1 Å². The number of hydrogen-bond donors (Lipinski definition) is 3. The highest BCUT2D eigenvalue weighted by Gasteiger charge is 2.34. The first-order valence-electron chi connectivity index (χ1n) is 12.4. The van der Waals surface area contributed by atoms with Crippen LogP contribution in [0, 0.1) is 18.3 Å². The van der Waals surface area contributed by atoms with E-state index < -0.39 is 22.7 Å². The first-order valence-corrected chi connectivity index (χ1v) is 13.9. The zero-order valence-corrected chi connectivity index (χ0v) is 22.6. The van der Waals surface area contributed by atoms with Gasteiger partial charge in [-0.1, -0.05) is 29.5 Å². The van der Waals surface area contributed by atoms with Gasteiger partial charge in [-0.2, -0.15) is 9.57 Å². The number of carboxylic acid groups (broad SMARTS) is 1. The predicted molar refractivity (Wildman–Crippen MR) is 147 cm³/mol. The minimum Gasteiger partial charge on any atom is -0.487 e. The van der Waals surface area contributed by atoms with Crippen LogP contribution in [0.1, 0.15) is 47.1 Å². The number of fused-ring (bicyclic) bond motifs is 2. The molecule has 1 aliphatic heterocycles. The van der Waals surface area contributed by atoms with Crippen LogP contribution in [0.4, 0.5) is 0 Å². The van der Waals surface area contributed by atoms with E-state index in [1.807, 2.05) is 56.3 Å². The number of aryl methyl sites for hydroxylation is 2. The summed E-state index contributed by atoms with van der Waals surface area (Å²) in [4.78, 5) is 12.1. The molecule has 39 heavy (non-hydrogen) atoms. The summed E-state index contributed by atoms with van der Waals surface area (Å²) in [6.07, 6.45) is -0.463. The number of nitriles is 1. The highest BCUT2D eigenvalue weighted by Crippen LogP contribution is 2.57. The van der Waals surface area contributed by atoms with Crippen LogP contribution in [0.5, 0.6) is 5.75 Å². The van der Waals surface area contributed by atoms with Crippen molar-refractivity contribution in [2.45, 2.75) is 43.7 Å². The maximum atomic E-state index is 11.9. The maximum absolute atomic E-state index is 11.9. The molecule has 3 aromatic carbocycles. The quantitative estimate of drug-likeness (QED) is 0.301. The smallest absolute Gasteiger partial charge is 0.304 e. The van der Waals surface area contributed by atoms with Crippen molar-refractivity contribution in [2.75, 3.05) is 6.54 Å². The monoisotopic (exact) mass is 547 g/mol. The maximum Gasteiger partial charge on any atom is 0.304 e. The van der Waals surface area contributed by atoms with E-state index in [4.69, 9.17) is 4.74 Å². The molecule has 202 valence electrons. The Balaban J connectivity index is 1.53. The molecule has 4 aromatic rings. The molecule has 5 rings (SSSR count). The van der Waals surface area contributed by atoms with Gasteiger partial charge in [0.1, 0.15) is 22.3 Å². The lowest BCUT2D eigenvalue weighted by Crippen LogP contribution is -2.33. The van der Waals surface area contributed by atoms with Gasteiger partial charge < -0.3 is 9.84 Å². The molecule has 3 N–H and O–H groups in total. The largest absolute Gasteiger partial charge is 0.487 e. The third kappa shape index (κ3) is 5.20. The fourth-order valence-electron chi connectivity index (χ4n) is 4.97. The number of carbonyl (C=O) groups is 1. The first kappa shape index (κ1) is 26.6. The van der Waals surface area contributed by atoms with Crippen molar-refractivity contribution in [3.63, 3.8) is 0 Å². The second kappa shape index (κ2) is 10.3. The van der Waals surface area contributed by atoms with Gasteiger partial charge in [-0.3, -0.25) is 13.9 Å². The van der Waals surface area contributed by atoms with Crippen molar-refractivity contribution in [3.05, 3.63) is 82.4 Å². The Bertz CT molecular complexity index is 1610. The summed E-state index contributed by atoms with van der Waals surface area (Å²) in [7, 11) is -1.68. The van der Waals surface area contributed by atoms with E-state index in [1.54, 1.807) is 28.2 Å². The number of ether oxygens (including phenoxy) is 1. The van der Waals surface area contributed by atoms with Gasteiger partial charge >= 0.3 is 5.97 Å². The van der Waals surface area contributed by atoms with Gasteiger partial charge in [0.25, 0.3) is 0 Å². The number of benzene rings is 3. The highest BCUT2D eigenvalue weighted by molar-refractivity contribution is 8.22. The van der Waals surface area contributed by atoms with Crippen molar-refractivity contribution >= 4 is 27.8 Å². The van der Waals surface area contributed by atoms with E-state index in [1.165, 1.54) is 6.07 Å². The van der Waals surface area contributed by atoms with Crippen LogP contribution < -0.4 is 4.74 Å². The molecule has 1 aromatic heterocycles. The predicted octanol–water partition coefficient (Wildman–Crippen LogP) is 5.06. The molecule has 2 heterocycles. The number of aromatic nitrogens is 3.